The summed E-state index contributed by atoms with van der Waals surface area (Å²) in [6.45, 7) is 4.33. The Balaban J connectivity index is 1.78. The van der Waals surface area contributed by atoms with Gasteiger partial charge in [-0.2, -0.15) is 0 Å². The highest BCUT2D eigenvalue weighted by Crippen LogP contribution is 2.37. The van der Waals surface area contributed by atoms with E-state index in [9.17, 15) is 0 Å². The summed E-state index contributed by atoms with van der Waals surface area (Å²) in [6, 6.07) is 5.07. The first-order chi connectivity index (χ1) is 13.2. The number of aromatic nitrogens is 2. The minimum atomic E-state index is 0.551. The van der Waals surface area contributed by atoms with Crippen molar-refractivity contribution in [3.8, 4) is 17.0 Å². The van der Waals surface area contributed by atoms with E-state index in [1.807, 2.05) is 0 Å². The fourth-order valence-electron chi connectivity index (χ4n) is 4.55. The number of nitrogens with zero attached hydrogens (tertiary/aromatic N) is 2. The summed E-state index contributed by atoms with van der Waals surface area (Å²) < 4.78 is 5.75. The third-order valence-corrected chi connectivity index (χ3v) is 6.08. The van der Waals surface area contributed by atoms with Crippen molar-refractivity contribution in [3.63, 3.8) is 0 Å². The molecule has 2 aromatic rings. The van der Waals surface area contributed by atoms with Crippen LogP contribution in [0, 0.1) is 0 Å². The third kappa shape index (κ3) is 3.54. The largest absolute Gasteiger partial charge is 0.496 e. The van der Waals surface area contributed by atoms with Crippen LogP contribution >= 0.6 is 0 Å². The Morgan fingerprint density at radius 2 is 1.67 bits per heavy atom. The molecule has 0 unspecified atom stereocenters. The van der Waals surface area contributed by atoms with E-state index in [1.165, 1.54) is 43.2 Å². The molecule has 4 rings (SSSR count). The normalized spacial score (nSPS) is 16.6. The lowest BCUT2D eigenvalue weighted by atomic mass is 10.0. The molecule has 2 aliphatic rings. The molecule has 0 bridgehead atoms. The number of aryl methyl sites for hydroxylation is 4. The summed E-state index contributed by atoms with van der Waals surface area (Å²) in [6.07, 6.45) is 10.4. The summed E-state index contributed by atoms with van der Waals surface area (Å²) >= 11 is 0. The van der Waals surface area contributed by atoms with E-state index in [2.05, 4.69) is 31.3 Å². The lowest BCUT2D eigenvalue weighted by molar-refractivity contribution is 0.415. The maximum atomic E-state index is 5.75. The summed E-state index contributed by atoms with van der Waals surface area (Å²) in [5, 5.41) is 3.68. The number of fused-ring (bicyclic) bond motifs is 1. The Bertz CT molecular complexity index is 825. The summed E-state index contributed by atoms with van der Waals surface area (Å²) in [7, 11) is 1.76. The zero-order valence-corrected chi connectivity index (χ0v) is 16.9. The summed E-state index contributed by atoms with van der Waals surface area (Å²) in [4.78, 5) is 10.1. The highest BCUT2D eigenvalue weighted by molar-refractivity contribution is 5.72. The van der Waals surface area contributed by atoms with Gasteiger partial charge in [0.25, 0.3) is 0 Å². The average molecular weight is 366 g/mol. The number of hydrogen-bond donors (Lipinski definition) is 1. The second kappa shape index (κ2) is 7.87. The molecule has 4 heteroatoms. The van der Waals surface area contributed by atoms with Gasteiger partial charge in [0.05, 0.1) is 24.2 Å². The van der Waals surface area contributed by atoms with Crippen molar-refractivity contribution in [2.45, 2.75) is 77.7 Å². The topological polar surface area (TPSA) is 47.0 Å². The number of nitrogens with one attached hydrogen (secondary N) is 1. The van der Waals surface area contributed by atoms with Crippen LogP contribution in [0.25, 0.3) is 11.3 Å². The van der Waals surface area contributed by atoms with Crippen LogP contribution in [0.1, 0.15) is 68.5 Å². The van der Waals surface area contributed by atoms with Crippen LogP contribution in [0.2, 0.25) is 0 Å². The van der Waals surface area contributed by atoms with Crippen molar-refractivity contribution in [1.82, 2.24) is 9.97 Å². The molecular weight excluding hydrogens is 334 g/mol. The van der Waals surface area contributed by atoms with Crippen LogP contribution in [0.4, 0.5) is 5.82 Å². The van der Waals surface area contributed by atoms with Crippen LogP contribution in [0.5, 0.6) is 5.75 Å². The molecule has 0 aliphatic heterocycles. The van der Waals surface area contributed by atoms with Gasteiger partial charge < -0.3 is 10.1 Å². The number of methoxy groups -OCH3 is 1. The van der Waals surface area contributed by atoms with E-state index in [-0.39, 0.29) is 0 Å². The molecule has 0 atom stereocenters. The molecule has 0 saturated heterocycles. The van der Waals surface area contributed by atoms with Crippen LogP contribution in [-0.4, -0.2) is 23.1 Å². The predicted octanol–water partition coefficient (Wildman–Crippen LogP) is 5.12. The van der Waals surface area contributed by atoms with Crippen molar-refractivity contribution in [2.75, 3.05) is 12.4 Å². The molecule has 2 aliphatic carbocycles. The molecule has 1 saturated carbocycles. The number of hydrogen-bond acceptors (Lipinski definition) is 4. The van der Waals surface area contributed by atoms with Gasteiger partial charge in [-0.05, 0) is 68.2 Å². The van der Waals surface area contributed by atoms with E-state index < -0.39 is 0 Å². The molecular formula is C23H31N3O. The van der Waals surface area contributed by atoms with Crippen molar-refractivity contribution >= 4 is 5.82 Å². The third-order valence-electron chi connectivity index (χ3n) is 6.08. The van der Waals surface area contributed by atoms with Crippen LogP contribution in [0.3, 0.4) is 0 Å². The van der Waals surface area contributed by atoms with Gasteiger partial charge in [0.15, 0.2) is 0 Å². The van der Waals surface area contributed by atoms with E-state index in [1.54, 1.807) is 7.11 Å². The Morgan fingerprint density at radius 1 is 0.963 bits per heavy atom. The SMILES string of the molecule is CCc1nc(-c2cc3c(cc2OC)CCC3)c(CC)nc1NC1CCCC1. The first-order valence-electron chi connectivity index (χ1n) is 10.6. The molecule has 0 radical (unpaired) electrons. The fraction of sp³-hybridized carbons (Fsp3) is 0.565. The minimum absolute atomic E-state index is 0.551. The second-order valence-corrected chi connectivity index (χ2v) is 7.82. The predicted molar refractivity (Wildman–Crippen MR) is 111 cm³/mol. The van der Waals surface area contributed by atoms with E-state index in [4.69, 9.17) is 14.7 Å². The van der Waals surface area contributed by atoms with Crippen LogP contribution < -0.4 is 10.1 Å². The Hall–Kier alpha value is -2.10. The van der Waals surface area contributed by atoms with Gasteiger partial charge in [0.2, 0.25) is 0 Å². The van der Waals surface area contributed by atoms with Gasteiger partial charge in [-0.25, -0.2) is 9.97 Å². The molecule has 4 nitrogen and oxygen atoms in total. The molecule has 144 valence electrons. The van der Waals surface area contributed by atoms with Gasteiger partial charge in [-0.15, -0.1) is 0 Å². The quantitative estimate of drug-likeness (QED) is 0.772. The smallest absolute Gasteiger partial charge is 0.148 e. The van der Waals surface area contributed by atoms with Crippen LogP contribution in [-0.2, 0) is 25.7 Å². The molecule has 0 amide bonds. The highest BCUT2D eigenvalue weighted by Gasteiger charge is 2.22. The zero-order chi connectivity index (χ0) is 18.8. The Labute approximate surface area is 162 Å². The Morgan fingerprint density at radius 3 is 2.33 bits per heavy atom. The molecule has 0 spiro atoms. The van der Waals surface area contributed by atoms with E-state index in [0.717, 1.165) is 59.9 Å². The van der Waals surface area contributed by atoms with Gasteiger partial charge in [0.1, 0.15) is 11.6 Å². The first kappa shape index (κ1) is 18.3. The van der Waals surface area contributed by atoms with Crippen molar-refractivity contribution in [3.05, 3.63) is 34.6 Å². The van der Waals surface area contributed by atoms with Crippen LogP contribution in [0.15, 0.2) is 12.1 Å². The fourth-order valence-corrected chi connectivity index (χ4v) is 4.55. The van der Waals surface area contributed by atoms with Crippen molar-refractivity contribution < 1.29 is 4.74 Å². The maximum Gasteiger partial charge on any atom is 0.148 e. The number of ether oxygens (including phenoxy) is 1. The standard InChI is InChI=1S/C23H31N3O/c1-4-19-22(18-13-15-9-8-10-16(15)14-21(18)27-3)25-20(5-2)23(26-19)24-17-11-6-7-12-17/h13-14,17H,4-12H2,1-3H3,(H,24,26). The molecule has 27 heavy (non-hydrogen) atoms. The molecule has 1 N–H and O–H groups in total. The molecule has 1 aromatic carbocycles. The first-order valence-corrected chi connectivity index (χ1v) is 10.6. The van der Waals surface area contributed by atoms with Gasteiger partial charge in [0, 0.05) is 11.6 Å². The van der Waals surface area contributed by atoms with E-state index >= 15 is 0 Å². The zero-order valence-electron chi connectivity index (χ0n) is 16.9. The second-order valence-electron chi connectivity index (χ2n) is 7.82. The van der Waals surface area contributed by atoms with Crippen molar-refractivity contribution in [2.24, 2.45) is 0 Å². The molecule has 1 fully saturated rings. The lowest BCUT2D eigenvalue weighted by Gasteiger charge is -2.19. The van der Waals surface area contributed by atoms with Crippen molar-refractivity contribution in [1.29, 1.82) is 0 Å². The Kier molecular flexibility index (Phi) is 5.33. The minimum Gasteiger partial charge on any atom is -0.496 e. The van der Waals surface area contributed by atoms with Gasteiger partial charge in [-0.1, -0.05) is 26.7 Å². The monoisotopic (exact) mass is 365 g/mol. The number of rotatable bonds is 6. The highest BCUT2D eigenvalue weighted by atomic mass is 16.5. The van der Waals surface area contributed by atoms with E-state index in [0.29, 0.717) is 6.04 Å². The summed E-state index contributed by atoms with van der Waals surface area (Å²) in [5.41, 5.74) is 7.10. The van der Waals surface area contributed by atoms with Gasteiger partial charge in [-0.3, -0.25) is 0 Å². The van der Waals surface area contributed by atoms with Gasteiger partial charge >= 0.3 is 0 Å². The number of anilines is 1. The average Bonchev–Trinajstić information content (AvgIpc) is 3.37. The lowest BCUT2D eigenvalue weighted by Crippen LogP contribution is -2.18. The maximum absolute atomic E-state index is 5.75. The summed E-state index contributed by atoms with van der Waals surface area (Å²) in [5.74, 6) is 1.92. The molecule has 1 heterocycles. The number of benzene rings is 1. The molecule has 1 aromatic heterocycles.